The molecule has 0 amide bonds. The molecule has 1 aromatic heterocycles. The Morgan fingerprint density at radius 1 is 1.19 bits per heavy atom. The smallest absolute Gasteiger partial charge is 0.199 e. The van der Waals surface area contributed by atoms with Gasteiger partial charge in [0.1, 0.15) is 5.82 Å². The van der Waals surface area contributed by atoms with Crippen molar-refractivity contribution < 1.29 is 0 Å². The Hall–Kier alpha value is -1.46. The van der Waals surface area contributed by atoms with Crippen LogP contribution in [0.4, 0.5) is 5.82 Å². The normalized spacial score (nSPS) is 16.2. The molecule has 1 aliphatic rings. The summed E-state index contributed by atoms with van der Waals surface area (Å²) >= 11 is 5.19. The first-order chi connectivity index (χ1) is 10.3. The van der Waals surface area contributed by atoms with E-state index in [9.17, 15) is 0 Å². The molecule has 0 aliphatic carbocycles. The van der Waals surface area contributed by atoms with Gasteiger partial charge in [0.15, 0.2) is 4.77 Å². The van der Waals surface area contributed by atoms with Gasteiger partial charge in [-0.3, -0.25) is 0 Å². The van der Waals surface area contributed by atoms with Crippen molar-refractivity contribution in [3.63, 3.8) is 0 Å². The van der Waals surface area contributed by atoms with E-state index in [-0.39, 0.29) is 0 Å². The molecule has 2 heterocycles. The molecule has 1 fully saturated rings. The van der Waals surface area contributed by atoms with E-state index in [1.54, 1.807) is 0 Å². The van der Waals surface area contributed by atoms with Gasteiger partial charge >= 0.3 is 0 Å². The number of hydrogen-bond acceptors (Lipinski definition) is 4. The number of rotatable bonds is 5. The summed E-state index contributed by atoms with van der Waals surface area (Å²) in [5.74, 6) is 0.896. The van der Waals surface area contributed by atoms with Gasteiger partial charge in [-0.2, -0.15) is 0 Å². The fraction of sp³-hybridized carbons (Fsp3) is 0.500. The van der Waals surface area contributed by atoms with Gasteiger partial charge in [-0.1, -0.05) is 18.6 Å². The van der Waals surface area contributed by atoms with Crippen molar-refractivity contribution in [1.29, 1.82) is 0 Å². The van der Waals surface area contributed by atoms with Crippen LogP contribution in [0.25, 0.3) is 10.9 Å². The Balaban J connectivity index is 1.58. The summed E-state index contributed by atoms with van der Waals surface area (Å²) < 4.78 is 0.534. The van der Waals surface area contributed by atoms with E-state index >= 15 is 0 Å². The van der Waals surface area contributed by atoms with Crippen LogP contribution in [-0.4, -0.2) is 41.0 Å². The number of likely N-dealkylation sites (tertiary alicyclic amines) is 1. The van der Waals surface area contributed by atoms with Gasteiger partial charge in [-0.05, 0) is 63.2 Å². The minimum atomic E-state index is 0.534. The van der Waals surface area contributed by atoms with Crippen molar-refractivity contribution in [3.8, 4) is 0 Å². The highest BCUT2D eigenvalue weighted by molar-refractivity contribution is 7.71. The topological polar surface area (TPSA) is 44.0 Å². The number of hydrogen-bond donors (Lipinski definition) is 2. The van der Waals surface area contributed by atoms with E-state index in [0.717, 1.165) is 29.7 Å². The molecule has 0 atom stereocenters. The minimum absolute atomic E-state index is 0.534. The third-order valence-corrected chi connectivity index (χ3v) is 4.22. The average Bonchev–Trinajstić information content (AvgIpc) is 2.52. The quantitative estimate of drug-likeness (QED) is 0.654. The number of aromatic nitrogens is 2. The lowest BCUT2D eigenvalue weighted by Crippen LogP contribution is -2.31. The van der Waals surface area contributed by atoms with E-state index in [1.165, 1.54) is 38.9 Å². The van der Waals surface area contributed by atoms with Crippen molar-refractivity contribution >= 4 is 28.9 Å². The van der Waals surface area contributed by atoms with E-state index in [1.807, 2.05) is 18.2 Å². The SMILES string of the molecule is S=c1nc(NCCCN2CCCCC2)c2ccccc2[nH]1. The molecule has 0 unspecified atom stereocenters. The van der Waals surface area contributed by atoms with Crippen LogP contribution in [0.1, 0.15) is 25.7 Å². The number of aromatic amines is 1. The standard InChI is InChI=1S/C16H22N4S/c21-16-18-14-8-3-2-7-13(14)15(19-16)17-9-6-12-20-10-4-1-5-11-20/h2-3,7-8H,1,4-6,9-12H2,(H2,17,18,19,21). The Morgan fingerprint density at radius 3 is 2.86 bits per heavy atom. The molecule has 0 spiro atoms. The molecule has 3 rings (SSSR count). The van der Waals surface area contributed by atoms with Crippen molar-refractivity contribution in [3.05, 3.63) is 29.0 Å². The summed E-state index contributed by atoms with van der Waals surface area (Å²) in [6.45, 7) is 4.63. The molecule has 2 N–H and O–H groups in total. The predicted molar refractivity (Wildman–Crippen MR) is 90.3 cm³/mol. The highest BCUT2D eigenvalue weighted by Gasteiger charge is 2.09. The van der Waals surface area contributed by atoms with E-state index in [2.05, 4.69) is 26.3 Å². The number of nitrogens with one attached hydrogen (secondary N) is 2. The number of nitrogens with zero attached hydrogens (tertiary/aromatic N) is 2. The first-order valence-corrected chi connectivity index (χ1v) is 8.19. The van der Waals surface area contributed by atoms with E-state index in [4.69, 9.17) is 12.2 Å². The maximum Gasteiger partial charge on any atom is 0.199 e. The first kappa shape index (κ1) is 14.5. The van der Waals surface area contributed by atoms with Crippen LogP contribution in [0.15, 0.2) is 24.3 Å². The van der Waals surface area contributed by atoms with Crippen molar-refractivity contribution in [2.24, 2.45) is 0 Å². The summed E-state index contributed by atoms with van der Waals surface area (Å²) in [6.07, 6.45) is 5.25. The maximum atomic E-state index is 5.19. The maximum absolute atomic E-state index is 5.19. The third kappa shape index (κ3) is 3.80. The van der Waals surface area contributed by atoms with Gasteiger partial charge in [0.2, 0.25) is 0 Å². The van der Waals surface area contributed by atoms with Gasteiger partial charge in [0.05, 0.1) is 5.52 Å². The summed E-state index contributed by atoms with van der Waals surface area (Å²) in [5.41, 5.74) is 1.04. The van der Waals surface area contributed by atoms with Crippen molar-refractivity contribution in [2.45, 2.75) is 25.7 Å². The van der Waals surface area contributed by atoms with Crippen LogP contribution < -0.4 is 5.32 Å². The van der Waals surface area contributed by atoms with Crippen LogP contribution in [0.5, 0.6) is 0 Å². The van der Waals surface area contributed by atoms with Gasteiger partial charge in [0, 0.05) is 11.9 Å². The fourth-order valence-electron chi connectivity index (χ4n) is 2.93. The molecule has 0 saturated carbocycles. The Kier molecular flexibility index (Phi) is 4.83. The number of piperidine rings is 1. The van der Waals surface area contributed by atoms with Gasteiger partial charge < -0.3 is 15.2 Å². The lowest BCUT2D eigenvalue weighted by Gasteiger charge is -2.26. The summed E-state index contributed by atoms with van der Waals surface area (Å²) in [6, 6.07) is 8.14. The molecule has 112 valence electrons. The Labute approximate surface area is 130 Å². The molecule has 1 saturated heterocycles. The highest BCUT2D eigenvalue weighted by Crippen LogP contribution is 2.18. The molecular formula is C16H22N4S. The summed E-state index contributed by atoms with van der Waals surface area (Å²) in [4.78, 5) is 10.1. The second kappa shape index (κ2) is 7.00. The second-order valence-corrected chi connectivity index (χ2v) is 6.01. The number of para-hydroxylation sites is 1. The van der Waals surface area contributed by atoms with Gasteiger partial charge in [-0.15, -0.1) is 0 Å². The largest absolute Gasteiger partial charge is 0.369 e. The minimum Gasteiger partial charge on any atom is -0.369 e. The molecular weight excluding hydrogens is 280 g/mol. The summed E-state index contributed by atoms with van der Waals surface area (Å²) in [5, 5.41) is 4.54. The van der Waals surface area contributed by atoms with E-state index in [0.29, 0.717) is 4.77 Å². The molecule has 0 bridgehead atoms. The molecule has 4 nitrogen and oxygen atoms in total. The zero-order valence-electron chi connectivity index (χ0n) is 12.3. The predicted octanol–water partition coefficient (Wildman–Crippen LogP) is 3.58. The van der Waals surface area contributed by atoms with Crippen molar-refractivity contribution in [1.82, 2.24) is 14.9 Å². The van der Waals surface area contributed by atoms with E-state index < -0.39 is 0 Å². The molecule has 5 heteroatoms. The third-order valence-electron chi connectivity index (χ3n) is 4.03. The first-order valence-electron chi connectivity index (χ1n) is 7.78. The van der Waals surface area contributed by atoms with Crippen molar-refractivity contribution in [2.75, 3.05) is 31.5 Å². The average molecular weight is 302 g/mol. The molecule has 2 aromatic rings. The van der Waals surface area contributed by atoms with Crippen LogP contribution in [0, 0.1) is 4.77 Å². The summed E-state index contributed by atoms with van der Waals surface area (Å²) in [7, 11) is 0. The zero-order valence-corrected chi connectivity index (χ0v) is 13.1. The van der Waals surface area contributed by atoms with Gasteiger partial charge in [0.25, 0.3) is 0 Å². The number of H-pyrrole nitrogens is 1. The number of fused-ring (bicyclic) bond motifs is 1. The molecule has 0 radical (unpaired) electrons. The lowest BCUT2D eigenvalue weighted by atomic mass is 10.1. The second-order valence-electron chi connectivity index (χ2n) is 5.62. The van der Waals surface area contributed by atoms with Gasteiger partial charge in [-0.25, -0.2) is 4.98 Å². The molecule has 1 aliphatic heterocycles. The number of benzene rings is 1. The molecule has 1 aromatic carbocycles. The number of anilines is 1. The monoisotopic (exact) mass is 302 g/mol. The Bertz CT molecular complexity index is 646. The highest BCUT2D eigenvalue weighted by atomic mass is 32.1. The lowest BCUT2D eigenvalue weighted by molar-refractivity contribution is 0.228. The zero-order chi connectivity index (χ0) is 14.5. The van der Waals surface area contributed by atoms with Crippen LogP contribution in [0.2, 0.25) is 0 Å². The fourth-order valence-corrected chi connectivity index (χ4v) is 3.13. The Morgan fingerprint density at radius 2 is 2.00 bits per heavy atom. The van der Waals surface area contributed by atoms with Crippen LogP contribution >= 0.6 is 12.2 Å². The molecule has 21 heavy (non-hydrogen) atoms. The van der Waals surface area contributed by atoms with Crippen LogP contribution in [-0.2, 0) is 0 Å². The van der Waals surface area contributed by atoms with Crippen LogP contribution in [0.3, 0.4) is 0 Å².